The van der Waals surface area contributed by atoms with E-state index in [1.165, 1.54) is 0 Å². The van der Waals surface area contributed by atoms with Gasteiger partial charge in [-0.25, -0.2) is 4.79 Å². The topological polar surface area (TPSA) is 46.5 Å². The molecule has 0 unspecified atom stereocenters. The van der Waals surface area contributed by atoms with Gasteiger partial charge >= 0.3 is 5.97 Å². The molecule has 0 heterocycles. The van der Waals surface area contributed by atoms with Crippen LogP contribution in [0.15, 0.2) is 30.3 Å². The average Bonchev–Trinajstić information content (AvgIpc) is 2.16. The highest BCUT2D eigenvalue weighted by Gasteiger charge is 2.23. The lowest BCUT2D eigenvalue weighted by Crippen LogP contribution is -2.32. The first-order valence-corrected chi connectivity index (χ1v) is 5.33. The zero-order chi connectivity index (χ0) is 12.2. The van der Waals surface area contributed by atoms with E-state index in [0.717, 1.165) is 5.56 Å². The number of carbonyl (C=O) groups excluding carboxylic acids is 1. The van der Waals surface area contributed by atoms with E-state index < -0.39 is 17.7 Å². The van der Waals surface area contributed by atoms with Crippen LogP contribution in [0.25, 0.3) is 0 Å². The van der Waals surface area contributed by atoms with Crippen LogP contribution < -0.4 is 0 Å². The fourth-order valence-electron chi connectivity index (χ4n) is 1.29. The summed E-state index contributed by atoms with van der Waals surface area (Å²) < 4.78 is 5.08. The van der Waals surface area contributed by atoms with E-state index in [0.29, 0.717) is 0 Å². The van der Waals surface area contributed by atoms with Crippen molar-refractivity contribution in [3.8, 4) is 0 Å². The van der Waals surface area contributed by atoms with E-state index in [4.69, 9.17) is 4.74 Å². The van der Waals surface area contributed by atoms with Gasteiger partial charge in [0.15, 0.2) is 6.10 Å². The Bertz CT molecular complexity index is 338. The Kier molecular flexibility index (Phi) is 4.07. The number of benzene rings is 1. The molecule has 1 atom stereocenters. The second-order valence-corrected chi connectivity index (χ2v) is 4.74. The largest absolute Gasteiger partial charge is 0.458 e. The Morgan fingerprint density at radius 3 is 2.38 bits per heavy atom. The van der Waals surface area contributed by atoms with Gasteiger partial charge in [0.2, 0.25) is 0 Å². The summed E-state index contributed by atoms with van der Waals surface area (Å²) in [5.41, 5.74) is 0.357. The highest BCUT2D eigenvalue weighted by Crippen LogP contribution is 2.11. The van der Waals surface area contributed by atoms with Crippen LogP contribution in [0.1, 0.15) is 26.3 Å². The number of esters is 1. The maximum Gasteiger partial charge on any atom is 0.335 e. The number of hydrogen-bond donors (Lipinski definition) is 1. The van der Waals surface area contributed by atoms with Gasteiger partial charge in [0.05, 0.1) is 0 Å². The van der Waals surface area contributed by atoms with Crippen molar-refractivity contribution in [2.75, 3.05) is 0 Å². The Hall–Kier alpha value is -1.35. The average molecular weight is 222 g/mol. The lowest BCUT2D eigenvalue weighted by molar-refractivity contribution is -0.164. The highest BCUT2D eigenvalue weighted by molar-refractivity contribution is 5.75. The van der Waals surface area contributed by atoms with Gasteiger partial charge in [-0.15, -0.1) is 0 Å². The Morgan fingerprint density at radius 1 is 1.31 bits per heavy atom. The fourth-order valence-corrected chi connectivity index (χ4v) is 1.29. The van der Waals surface area contributed by atoms with Crippen LogP contribution in [0.2, 0.25) is 0 Å². The molecule has 1 rings (SSSR count). The number of carbonyl (C=O) groups is 1. The summed E-state index contributed by atoms with van der Waals surface area (Å²) in [6.07, 6.45) is -0.808. The summed E-state index contributed by atoms with van der Waals surface area (Å²) in [7, 11) is 0. The smallest absolute Gasteiger partial charge is 0.335 e. The van der Waals surface area contributed by atoms with Crippen molar-refractivity contribution >= 4 is 5.97 Å². The summed E-state index contributed by atoms with van der Waals surface area (Å²) in [5.74, 6) is -0.573. The standard InChI is InChI=1S/C13H18O3/c1-13(2,3)16-12(15)11(14)9-10-7-5-4-6-8-10/h4-8,11,14H,9H2,1-3H3/t11-/m1/s1. The SMILES string of the molecule is CC(C)(C)OC(=O)[C@H](O)Cc1ccccc1. The van der Waals surface area contributed by atoms with E-state index >= 15 is 0 Å². The van der Waals surface area contributed by atoms with E-state index in [1.807, 2.05) is 30.3 Å². The molecule has 0 saturated carbocycles. The molecule has 0 aliphatic heterocycles. The predicted octanol–water partition coefficient (Wildman–Crippen LogP) is 1.93. The van der Waals surface area contributed by atoms with Crippen molar-refractivity contribution in [1.82, 2.24) is 0 Å². The Morgan fingerprint density at radius 2 is 1.88 bits per heavy atom. The van der Waals surface area contributed by atoms with Crippen LogP contribution in [-0.4, -0.2) is 22.8 Å². The third kappa shape index (κ3) is 4.45. The van der Waals surface area contributed by atoms with Crippen molar-refractivity contribution in [3.63, 3.8) is 0 Å². The van der Waals surface area contributed by atoms with E-state index in [1.54, 1.807) is 20.8 Å². The van der Waals surface area contributed by atoms with Crippen LogP contribution in [0.3, 0.4) is 0 Å². The highest BCUT2D eigenvalue weighted by atomic mass is 16.6. The summed E-state index contributed by atoms with van der Waals surface area (Å²) >= 11 is 0. The van der Waals surface area contributed by atoms with E-state index in [2.05, 4.69) is 0 Å². The summed E-state index contributed by atoms with van der Waals surface area (Å²) in [5, 5.41) is 9.66. The van der Waals surface area contributed by atoms with Gasteiger partial charge in [-0.2, -0.15) is 0 Å². The minimum Gasteiger partial charge on any atom is -0.458 e. The van der Waals surface area contributed by atoms with Crippen molar-refractivity contribution in [1.29, 1.82) is 0 Å². The van der Waals surface area contributed by atoms with Gasteiger partial charge in [0.25, 0.3) is 0 Å². The van der Waals surface area contributed by atoms with Gasteiger partial charge in [0, 0.05) is 6.42 Å². The van der Waals surface area contributed by atoms with Gasteiger partial charge in [-0.1, -0.05) is 30.3 Å². The molecular weight excluding hydrogens is 204 g/mol. The second kappa shape index (κ2) is 5.12. The quantitative estimate of drug-likeness (QED) is 0.795. The molecule has 0 radical (unpaired) electrons. The van der Waals surface area contributed by atoms with Crippen LogP contribution in [0, 0.1) is 0 Å². The summed E-state index contributed by atoms with van der Waals surface area (Å²) in [6.45, 7) is 5.33. The first-order valence-electron chi connectivity index (χ1n) is 5.33. The van der Waals surface area contributed by atoms with E-state index in [9.17, 15) is 9.90 Å². The molecule has 0 bridgehead atoms. The van der Waals surface area contributed by atoms with Gasteiger partial charge < -0.3 is 9.84 Å². The van der Waals surface area contributed by atoms with Crippen LogP contribution in [0.5, 0.6) is 0 Å². The predicted molar refractivity (Wildman–Crippen MR) is 62.0 cm³/mol. The third-order valence-electron chi connectivity index (χ3n) is 1.95. The molecule has 0 spiro atoms. The molecule has 0 aliphatic rings. The molecule has 0 saturated heterocycles. The maximum absolute atomic E-state index is 11.5. The molecule has 1 N–H and O–H groups in total. The van der Waals surface area contributed by atoms with E-state index in [-0.39, 0.29) is 6.42 Å². The molecule has 3 heteroatoms. The van der Waals surface area contributed by atoms with Crippen LogP contribution in [0.4, 0.5) is 0 Å². The lowest BCUT2D eigenvalue weighted by atomic mass is 10.1. The molecule has 88 valence electrons. The number of hydrogen-bond acceptors (Lipinski definition) is 3. The Labute approximate surface area is 96.1 Å². The second-order valence-electron chi connectivity index (χ2n) is 4.74. The van der Waals surface area contributed by atoms with Crippen molar-refractivity contribution in [2.24, 2.45) is 0 Å². The summed E-state index contributed by atoms with van der Waals surface area (Å²) in [4.78, 5) is 11.5. The molecular formula is C13H18O3. The molecule has 0 aromatic heterocycles. The third-order valence-corrected chi connectivity index (χ3v) is 1.95. The minimum atomic E-state index is -1.10. The summed E-state index contributed by atoms with van der Waals surface area (Å²) in [6, 6.07) is 9.37. The molecule has 1 aromatic rings. The zero-order valence-corrected chi connectivity index (χ0v) is 9.93. The molecule has 1 aromatic carbocycles. The van der Waals surface area contributed by atoms with Crippen molar-refractivity contribution in [3.05, 3.63) is 35.9 Å². The van der Waals surface area contributed by atoms with Crippen molar-refractivity contribution < 1.29 is 14.6 Å². The monoisotopic (exact) mass is 222 g/mol. The lowest BCUT2D eigenvalue weighted by Gasteiger charge is -2.21. The molecule has 0 amide bonds. The molecule has 0 fully saturated rings. The van der Waals surface area contributed by atoms with Gasteiger partial charge in [0.1, 0.15) is 5.60 Å². The van der Waals surface area contributed by atoms with Gasteiger partial charge in [-0.05, 0) is 26.3 Å². The number of aliphatic hydroxyl groups is 1. The maximum atomic E-state index is 11.5. The molecule has 0 aliphatic carbocycles. The minimum absolute atomic E-state index is 0.287. The first-order chi connectivity index (χ1) is 7.38. The number of aliphatic hydroxyl groups excluding tert-OH is 1. The number of ether oxygens (including phenoxy) is 1. The zero-order valence-electron chi connectivity index (χ0n) is 9.93. The van der Waals surface area contributed by atoms with Gasteiger partial charge in [-0.3, -0.25) is 0 Å². The van der Waals surface area contributed by atoms with Crippen LogP contribution >= 0.6 is 0 Å². The van der Waals surface area contributed by atoms with Crippen molar-refractivity contribution in [2.45, 2.75) is 38.9 Å². The number of rotatable bonds is 3. The Balaban J connectivity index is 2.53. The van der Waals surface area contributed by atoms with Crippen LogP contribution in [-0.2, 0) is 16.0 Å². The molecule has 3 nitrogen and oxygen atoms in total. The fraction of sp³-hybridized carbons (Fsp3) is 0.462. The normalized spacial score (nSPS) is 13.2. The molecule has 16 heavy (non-hydrogen) atoms. The first kappa shape index (κ1) is 12.7.